The summed E-state index contributed by atoms with van der Waals surface area (Å²) in [5.41, 5.74) is 1.47. The Morgan fingerprint density at radius 2 is 1.65 bits per heavy atom. The van der Waals surface area contributed by atoms with Crippen molar-refractivity contribution in [2.75, 3.05) is 32.8 Å². The van der Waals surface area contributed by atoms with Crippen LogP contribution in [0.25, 0.3) is 17.1 Å². The fraction of sp³-hybridized carbons (Fsp3) is 0.200. The van der Waals surface area contributed by atoms with Gasteiger partial charge in [-0.05, 0) is 41.5 Å². The number of esters is 2. The van der Waals surface area contributed by atoms with Gasteiger partial charge in [0.15, 0.2) is 5.75 Å². The number of hydrogen-bond donors (Lipinski definition) is 1. The van der Waals surface area contributed by atoms with Crippen LogP contribution in [0.2, 0.25) is 0 Å². The summed E-state index contributed by atoms with van der Waals surface area (Å²) in [4.78, 5) is 42.1. The second-order valence-electron chi connectivity index (χ2n) is 8.73. The standard InChI is InChI=1S/C30H28N2O7S/c1-37-29(35)24(30(36)38-2)18-20-11-13-22(14-12-20)39-16-17-40(3)26-25(33)23-10-7-15-31-27(23)32(28(26)34)19-21-8-5-4-6-9-21/h4-15,18H,16-17,19H2,1-3H3/p+1. The lowest BCUT2D eigenvalue weighted by Gasteiger charge is -2.14. The van der Waals surface area contributed by atoms with Crippen LogP contribution in [-0.2, 0) is 36.5 Å². The van der Waals surface area contributed by atoms with Crippen molar-refractivity contribution < 1.29 is 28.9 Å². The van der Waals surface area contributed by atoms with Crippen LogP contribution < -0.4 is 10.3 Å². The molecule has 0 spiro atoms. The molecule has 0 radical (unpaired) electrons. The summed E-state index contributed by atoms with van der Waals surface area (Å²) in [7, 11) is 1.74. The highest BCUT2D eigenvalue weighted by molar-refractivity contribution is 7.96. The van der Waals surface area contributed by atoms with E-state index in [-0.39, 0.29) is 16.9 Å². The molecule has 2 aromatic carbocycles. The van der Waals surface area contributed by atoms with Gasteiger partial charge in [0.25, 0.3) is 4.90 Å². The third-order valence-corrected chi connectivity index (χ3v) is 7.99. The molecule has 2 aromatic heterocycles. The summed E-state index contributed by atoms with van der Waals surface area (Å²) >= 11 is 0. The quantitative estimate of drug-likeness (QED) is 0.103. The van der Waals surface area contributed by atoms with Gasteiger partial charge in [-0.2, -0.15) is 0 Å². The molecule has 4 aromatic rings. The van der Waals surface area contributed by atoms with E-state index in [9.17, 15) is 19.5 Å². The van der Waals surface area contributed by atoms with E-state index in [1.165, 1.54) is 20.3 Å². The Bertz CT molecular complexity index is 1580. The predicted octanol–water partition coefficient (Wildman–Crippen LogP) is 3.57. The van der Waals surface area contributed by atoms with Gasteiger partial charge in [-0.3, -0.25) is 9.36 Å². The summed E-state index contributed by atoms with van der Waals surface area (Å²) in [6, 6.07) is 19.9. The largest absolute Gasteiger partial charge is 0.503 e. The predicted molar refractivity (Wildman–Crippen MR) is 154 cm³/mol. The minimum atomic E-state index is -0.794. The average Bonchev–Trinajstić information content (AvgIpc) is 2.98. The highest BCUT2D eigenvalue weighted by Crippen LogP contribution is 2.29. The van der Waals surface area contributed by atoms with E-state index in [0.717, 1.165) is 5.56 Å². The van der Waals surface area contributed by atoms with Gasteiger partial charge >= 0.3 is 17.5 Å². The number of aromatic hydroxyl groups is 1. The van der Waals surface area contributed by atoms with E-state index in [2.05, 4.69) is 14.5 Å². The molecule has 0 fully saturated rings. The molecule has 0 aliphatic heterocycles. The Kier molecular flexibility index (Phi) is 9.23. The lowest BCUT2D eigenvalue weighted by Crippen LogP contribution is -2.29. The Morgan fingerprint density at radius 3 is 2.30 bits per heavy atom. The lowest BCUT2D eigenvalue weighted by molar-refractivity contribution is -0.143. The molecule has 4 rings (SSSR count). The molecule has 0 amide bonds. The minimum absolute atomic E-state index is 0.0496. The van der Waals surface area contributed by atoms with Crippen molar-refractivity contribution in [3.05, 3.63) is 100.0 Å². The van der Waals surface area contributed by atoms with Crippen molar-refractivity contribution in [1.29, 1.82) is 0 Å². The maximum atomic E-state index is 13.6. The topological polar surface area (TPSA) is 117 Å². The number of nitrogens with zero attached hydrogens (tertiary/aromatic N) is 2. The molecule has 1 N–H and O–H groups in total. The summed E-state index contributed by atoms with van der Waals surface area (Å²) in [5, 5.41) is 11.6. The van der Waals surface area contributed by atoms with E-state index in [4.69, 9.17) is 4.74 Å². The Labute approximate surface area is 234 Å². The first kappa shape index (κ1) is 28.4. The number of fused-ring (bicyclic) bond motifs is 1. The SMILES string of the molecule is COC(=O)C(=Cc1ccc(OCC[S+](C)c2c(O)c3cccnc3n(Cc3ccccc3)c2=O)cc1)C(=O)OC. The first-order chi connectivity index (χ1) is 19.3. The summed E-state index contributed by atoms with van der Waals surface area (Å²) < 4.78 is 16.8. The van der Waals surface area contributed by atoms with E-state index in [0.29, 0.717) is 46.1 Å². The van der Waals surface area contributed by atoms with Gasteiger partial charge in [-0.15, -0.1) is 0 Å². The monoisotopic (exact) mass is 561 g/mol. The molecule has 0 bridgehead atoms. The lowest BCUT2D eigenvalue weighted by atomic mass is 10.1. The molecular formula is C30H29N2O7S+. The van der Waals surface area contributed by atoms with Gasteiger partial charge in [-0.25, -0.2) is 14.6 Å². The van der Waals surface area contributed by atoms with Crippen LogP contribution in [-0.4, -0.2) is 59.4 Å². The van der Waals surface area contributed by atoms with E-state index in [1.807, 2.05) is 36.6 Å². The highest BCUT2D eigenvalue weighted by Gasteiger charge is 2.29. The molecule has 2 heterocycles. The molecule has 9 nitrogen and oxygen atoms in total. The van der Waals surface area contributed by atoms with Crippen molar-refractivity contribution in [1.82, 2.24) is 9.55 Å². The number of benzene rings is 2. The molecule has 10 heteroatoms. The van der Waals surface area contributed by atoms with Gasteiger partial charge < -0.3 is 19.3 Å². The van der Waals surface area contributed by atoms with Crippen LogP contribution in [0.15, 0.2) is 88.2 Å². The third kappa shape index (κ3) is 6.35. The molecule has 0 aliphatic carbocycles. The van der Waals surface area contributed by atoms with E-state index in [1.54, 1.807) is 47.2 Å². The number of pyridine rings is 2. The zero-order valence-corrected chi connectivity index (χ0v) is 23.1. The van der Waals surface area contributed by atoms with Gasteiger partial charge in [-0.1, -0.05) is 42.5 Å². The van der Waals surface area contributed by atoms with Crippen molar-refractivity contribution in [2.24, 2.45) is 0 Å². The smallest absolute Gasteiger partial charge is 0.345 e. The zero-order chi connectivity index (χ0) is 28.6. The number of hydrogen-bond acceptors (Lipinski definition) is 8. The molecule has 1 unspecified atom stereocenters. The van der Waals surface area contributed by atoms with Crippen LogP contribution >= 0.6 is 0 Å². The van der Waals surface area contributed by atoms with Crippen LogP contribution in [0.3, 0.4) is 0 Å². The minimum Gasteiger partial charge on any atom is -0.503 e. The van der Waals surface area contributed by atoms with Gasteiger partial charge in [0.1, 0.15) is 35.6 Å². The number of carbonyl (C=O) groups excluding carboxylic acids is 2. The third-order valence-electron chi connectivity index (χ3n) is 6.14. The van der Waals surface area contributed by atoms with Gasteiger partial charge in [0, 0.05) is 17.1 Å². The van der Waals surface area contributed by atoms with E-state index < -0.39 is 22.8 Å². The Morgan fingerprint density at radius 1 is 0.975 bits per heavy atom. The van der Waals surface area contributed by atoms with Gasteiger partial charge in [0.2, 0.25) is 0 Å². The Hall–Kier alpha value is -4.57. The molecule has 0 saturated heterocycles. The van der Waals surface area contributed by atoms with Crippen LogP contribution in [0.5, 0.6) is 11.5 Å². The fourth-order valence-corrected chi connectivity index (χ4v) is 5.49. The molecule has 40 heavy (non-hydrogen) atoms. The molecular weight excluding hydrogens is 532 g/mol. The van der Waals surface area contributed by atoms with Crippen molar-refractivity contribution in [2.45, 2.75) is 11.4 Å². The fourth-order valence-electron chi connectivity index (χ4n) is 4.10. The van der Waals surface area contributed by atoms with E-state index >= 15 is 0 Å². The number of ether oxygens (including phenoxy) is 3. The first-order valence-corrected chi connectivity index (χ1v) is 14.1. The number of carbonyl (C=O) groups is 2. The molecule has 0 saturated carbocycles. The second kappa shape index (κ2) is 13.0. The molecule has 206 valence electrons. The number of methoxy groups -OCH3 is 2. The van der Waals surface area contributed by atoms with Crippen LogP contribution in [0.1, 0.15) is 11.1 Å². The van der Waals surface area contributed by atoms with Crippen molar-refractivity contribution >= 4 is 39.9 Å². The van der Waals surface area contributed by atoms with Crippen LogP contribution in [0, 0.1) is 0 Å². The number of aromatic nitrogens is 2. The first-order valence-electron chi connectivity index (χ1n) is 12.3. The second-order valence-corrected chi connectivity index (χ2v) is 10.8. The highest BCUT2D eigenvalue weighted by atomic mass is 32.2. The van der Waals surface area contributed by atoms with Crippen molar-refractivity contribution in [3.63, 3.8) is 0 Å². The van der Waals surface area contributed by atoms with Crippen molar-refractivity contribution in [3.8, 4) is 11.5 Å². The summed E-state index contributed by atoms with van der Waals surface area (Å²) in [5.74, 6) is -0.571. The van der Waals surface area contributed by atoms with Gasteiger partial charge in [0.05, 0.1) is 26.2 Å². The summed E-state index contributed by atoms with van der Waals surface area (Å²) in [6.07, 6.45) is 4.89. The maximum Gasteiger partial charge on any atom is 0.345 e. The maximum absolute atomic E-state index is 13.6. The molecule has 0 aliphatic rings. The Balaban J connectivity index is 1.50. The average molecular weight is 562 g/mol. The van der Waals surface area contributed by atoms with Crippen LogP contribution in [0.4, 0.5) is 0 Å². The summed E-state index contributed by atoms with van der Waals surface area (Å²) in [6.45, 7) is 0.635. The molecule has 1 atom stereocenters. The normalized spacial score (nSPS) is 11.5. The zero-order valence-electron chi connectivity index (χ0n) is 22.3. The number of rotatable bonds is 10.